The number of benzene rings is 2. The van der Waals surface area contributed by atoms with Crippen LogP contribution in [0.3, 0.4) is 0 Å². The molecule has 2 aromatic carbocycles. The van der Waals surface area contributed by atoms with Crippen molar-refractivity contribution in [3.8, 4) is 0 Å². The molecule has 2 saturated carbocycles. The van der Waals surface area contributed by atoms with Gasteiger partial charge in [-0.25, -0.2) is 0 Å². The topological polar surface area (TPSA) is 66.5 Å². The van der Waals surface area contributed by atoms with Crippen LogP contribution in [0.15, 0.2) is 60.7 Å². The number of carbonyl (C=O) groups excluding carboxylic acids is 3. The van der Waals surface area contributed by atoms with Crippen molar-refractivity contribution < 1.29 is 14.4 Å². The van der Waals surface area contributed by atoms with Gasteiger partial charge in [-0.2, -0.15) is 0 Å². The SMILES string of the molecule is O=C(Nc1ccc(I)cc1)c1ccc(N2C(=O)[C@@H]3[C@H]4C=C[C@@H]([C@@H]5C[C@H]45)[C@H]3C2=O)cc1. The maximum atomic E-state index is 13.2. The number of hydrogen-bond acceptors (Lipinski definition) is 3. The lowest BCUT2D eigenvalue weighted by atomic mass is 9.63. The number of halogens is 1. The van der Waals surface area contributed by atoms with Crippen LogP contribution in [-0.4, -0.2) is 17.7 Å². The van der Waals surface area contributed by atoms with E-state index in [1.165, 1.54) is 4.90 Å². The smallest absolute Gasteiger partial charge is 0.255 e. The first-order chi connectivity index (χ1) is 14.5. The second-order valence-electron chi connectivity index (χ2n) is 8.67. The van der Waals surface area contributed by atoms with Gasteiger partial charge in [0.2, 0.25) is 11.8 Å². The fraction of sp³-hybridized carbons (Fsp3) is 0.292. The van der Waals surface area contributed by atoms with E-state index in [0.29, 0.717) is 23.1 Å². The molecule has 1 heterocycles. The summed E-state index contributed by atoms with van der Waals surface area (Å²) in [6.07, 6.45) is 5.50. The molecule has 1 saturated heterocycles. The summed E-state index contributed by atoms with van der Waals surface area (Å²) in [5.41, 5.74) is 1.76. The van der Waals surface area contributed by atoms with Crippen LogP contribution >= 0.6 is 22.6 Å². The Kier molecular flexibility index (Phi) is 3.97. The van der Waals surface area contributed by atoms with Gasteiger partial charge in [0.1, 0.15) is 0 Å². The van der Waals surface area contributed by atoms with Crippen molar-refractivity contribution in [3.05, 3.63) is 69.8 Å². The number of nitrogens with one attached hydrogen (secondary N) is 1. The monoisotopic (exact) mass is 510 g/mol. The Morgan fingerprint density at radius 2 is 1.43 bits per heavy atom. The van der Waals surface area contributed by atoms with E-state index < -0.39 is 0 Å². The van der Waals surface area contributed by atoms with E-state index >= 15 is 0 Å². The second kappa shape index (κ2) is 6.51. The lowest BCUT2D eigenvalue weighted by Gasteiger charge is -2.37. The average molecular weight is 510 g/mol. The highest BCUT2D eigenvalue weighted by atomic mass is 127. The number of carbonyl (C=O) groups is 3. The molecule has 3 fully saturated rings. The van der Waals surface area contributed by atoms with Crippen molar-refractivity contribution in [2.24, 2.45) is 35.5 Å². The van der Waals surface area contributed by atoms with E-state index in [2.05, 4.69) is 40.1 Å². The quantitative estimate of drug-likeness (QED) is 0.384. The summed E-state index contributed by atoms with van der Waals surface area (Å²) in [5, 5.41) is 2.86. The van der Waals surface area contributed by atoms with E-state index in [4.69, 9.17) is 0 Å². The number of nitrogens with zero attached hydrogens (tertiary/aromatic N) is 1. The van der Waals surface area contributed by atoms with Gasteiger partial charge < -0.3 is 5.32 Å². The predicted molar refractivity (Wildman–Crippen MR) is 121 cm³/mol. The molecule has 30 heavy (non-hydrogen) atoms. The maximum Gasteiger partial charge on any atom is 0.255 e. The molecule has 6 atom stereocenters. The van der Waals surface area contributed by atoms with Crippen molar-refractivity contribution >= 4 is 51.7 Å². The first-order valence-electron chi connectivity index (χ1n) is 10.3. The van der Waals surface area contributed by atoms with Crippen LogP contribution in [0.25, 0.3) is 0 Å². The molecule has 0 radical (unpaired) electrons. The molecule has 150 valence electrons. The second-order valence-corrected chi connectivity index (χ2v) is 9.92. The van der Waals surface area contributed by atoms with Gasteiger partial charge in [0, 0.05) is 14.8 Å². The van der Waals surface area contributed by atoms with E-state index in [9.17, 15) is 14.4 Å². The fourth-order valence-corrected chi connectivity index (χ4v) is 6.07. The summed E-state index contributed by atoms with van der Waals surface area (Å²) >= 11 is 2.21. The van der Waals surface area contributed by atoms with Crippen LogP contribution in [-0.2, 0) is 9.59 Å². The zero-order chi connectivity index (χ0) is 20.6. The Morgan fingerprint density at radius 1 is 0.867 bits per heavy atom. The van der Waals surface area contributed by atoms with Crippen LogP contribution in [0.4, 0.5) is 11.4 Å². The average Bonchev–Trinajstić information content (AvgIpc) is 3.53. The zero-order valence-corrected chi connectivity index (χ0v) is 18.2. The van der Waals surface area contributed by atoms with Crippen molar-refractivity contribution in [3.63, 3.8) is 0 Å². The van der Waals surface area contributed by atoms with Crippen LogP contribution < -0.4 is 10.2 Å². The number of rotatable bonds is 3. The van der Waals surface area contributed by atoms with Crippen molar-refractivity contribution in [1.29, 1.82) is 0 Å². The Balaban J connectivity index is 1.23. The Labute approximate surface area is 187 Å². The first-order valence-corrected chi connectivity index (χ1v) is 11.3. The van der Waals surface area contributed by atoms with Gasteiger partial charge in [0.15, 0.2) is 0 Å². The van der Waals surface area contributed by atoms with E-state index in [-0.39, 0.29) is 41.4 Å². The third-order valence-corrected chi connectivity index (χ3v) is 7.87. The molecule has 2 bridgehead atoms. The number of allylic oxidation sites excluding steroid dienone is 2. The van der Waals surface area contributed by atoms with Crippen molar-refractivity contribution in [1.82, 2.24) is 0 Å². The molecule has 1 N–H and O–H groups in total. The molecule has 7 rings (SSSR count). The van der Waals surface area contributed by atoms with Gasteiger partial charge in [-0.1, -0.05) is 12.2 Å². The molecule has 1 aliphatic heterocycles. The standard InChI is InChI=1S/C24H19IN2O3/c25-13-3-5-14(6-4-13)26-22(28)12-1-7-15(8-2-12)27-23(29)20-16-9-10-17(19-11-18(16)19)21(20)24(27)30/h1-10,16-21H,11H2,(H,26,28)/t16-,17-,18-,19+,20+,21+/m0/s1. The normalized spacial score (nSPS) is 32.8. The van der Waals surface area contributed by atoms with Gasteiger partial charge in [-0.15, -0.1) is 0 Å². The molecule has 0 aromatic heterocycles. The molecule has 0 spiro atoms. The molecule has 6 heteroatoms. The highest BCUT2D eigenvalue weighted by molar-refractivity contribution is 14.1. The van der Waals surface area contributed by atoms with Gasteiger partial charge in [0.05, 0.1) is 17.5 Å². The lowest BCUT2D eigenvalue weighted by molar-refractivity contribution is -0.124. The van der Waals surface area contributed by atoms with Gasteiger partial charge in [0.25, 0.3) is 5.91 Å². The molecule has 3 amide bonds. The molecule has 5 aliphatic rings. The summed E-state index contributed by atoms with van der Waals surface area (Å²) in [6, 6.07) is 14.3. The van der Waals surface area contributed by atoms with Crippen LogP contribution in [0.2, 0.25) is 0 Å². The molecule has 5 nitrogen and oxygen atoms in total. The van der Waals surface area contributed by atoms with Gasteiger partial charge in [-0.3, -0.25) is 19.3 Å². The molecule has 2 aromatic rings. The largest absolute Gasteiger partial charge is 0.322 e. The van der Waals surface area contributed by atoms with Crippen LogP contribution in [0.5, 0.6) is 0 Å². The Morgan fingerprint density at radius 3 is 2.00 bits per heavy atom. The first kappa shape index (κ1) is 18.3. The minimum atomic E-state index is -0.224. The van der Waals surface area contributed by atoms with Crippen molar-refractivity contribution in [2.45, 2.75) is 6.42 Å². The Bertz CT molecular complexity index is 1070. The molecular formula is C24H19IN2O3. The number of anilines is 2. The minimum Gasteiger partial charge on any atom is -0.322 e. The highest BCUT2D eigenvalue weighted by Crippen LogP contribution is 2.65. The third kappa shape index (κ3) is 2.62. The van der Waals surface area contributed by atoms with Gasteiger partial charge in [-0.05, 0) is 101 Å². The van der Waals surface area contributed by atoms with Crippen LogP contribution in [0.1, 0.15) is 16.8 Å². The molecule has 0 unspecified atom stereocenters. The number of imide groups is 1. The molecule has 4 aliphatic carbocycles. The van der Waals surface area contributed by atoms with E-state index in [1.54, 1.807) is 24.3 Å². The summed E-state index contributed by atoms with van der Waals surface area (Å²) < 4.78 is 1.09. The predicted octanol–water partition coefficient (Wildman–Crippen LogP) is 4.10. The highest BCUT2D eigenvalue weighted by Gasteiger charge is 2.67. The summed E-state index contributed by atoms with van der Waals surface area (Å²) in [6.45, 7) is 0. The minimum absolute atomic E-state index is 0.0780. The Hall–Kier alpha value is -2.48. The number of amides is 3. The zero-order valence-electron chi connectivity index (χ0n) is 16.0. The third-order valence-electron chi connectivity index (χ3n) is 7.15. The maximum absolute atomic E-state index is 13.2. The summed E-state index contributed by atoms with van der Waals surface area (Å²) in [5.74, 6) is 0.807. The van der Waals surface area contributed by atoms with Gasteiger partial charge >= 0.3 is 0 Å². The summed E-state index contributed by atoms with van der Waals surface area (Å²) in [4.78, 5) is 40.3. The number of hydrogen-bond donors (Lipinski definition) is 1. The lowest BCUT2D eigenvalue weighted by Crippen LogP contribution is -2.40. The van der Waals surface area contributed by atoms with E-state index in [0.717, 1.165) is 15.7 Å². The van der Waals surface area contributed by atoms with Crippen molar-refractivity contribution in [2.75, 3.05) is 10.2 Å². The van der Waals surface area contributed by atoms with Crippen LogP contribution in [0, 0.1) is 39.1 Å². The van der Waals surface area contributed by atoms with E-state index in [1.807, 2.05) is 24.3 Å². The fourth-order valence-electron chi connectivity index (χ4n) is 5.71. The molecular weight excluding hydrogens is 491 g/mol. The summed E-state index contributed by atoms with van der Waals surface area (Å²) in [7, 11) is 0.